The summed E-state index contributed by atoms with van der Waals surface area (Å²) in [6.07, 6.45) is 0. The summed E-state index contributed by atoms with van der Waals surface area (Å²) in [5.74, 6) is -9.69. The van der Waals surface area contributed by atoms with Crippen molar-refractivity contribution in [2.45, 2.75) is 39.5 Å². The molecule has 23 heavy (non-hydrogen) atoms. The van der Waals surface area contributed by atoms with Crippen LogP contribution in [0.3, 0.4) is 0 Å². The van der Waals surface area contributed by atoms with E-state index < -0.39 is 34.6 Å². The summed E-state index contributed by atoms with van der Waals surface area (Å²) in [6.45, 7) is 7.44. The van der Waals surface area contributed by atoms with Crippen LogP contribution in [0.5, 0.6) is 0 Å². The third-order valence-electron chi connectivity index (χ3n) is 3.65. The molecule has 0 heterocycles. The van der Waals surface area contributed by atoms with Gasteiger partial charge < -0.3 is 0 Å². The average molecular weight is 327 g/mol. The van der Waals surface area contributed by atoms with Crippen molar-refractivity contribution in [3.63, 3.8) is 0 Å². The Labute approximate surface area is 132 Å². The molecule has 0 atom stereocenters. The van der Waals surface area contributed by atoms with E-state index in [4.69, 9.17) is 0 Å². The molecule has 5 heteroatoms. The maximum atomic E-state index is 14.0. The van der Waals surface area contributed by atoms with Crippen molar-refractivity contribution in [2.24, 2.45) is 0 Å². The van der Waals surface area contributed by atoms with Gasteiger partial charge in [0, 0.05) is 0 Å². The van der Waals surface area contributed by atoms with Gasteiger partial charge in [-0.3, -0.25) is 0 Å². The molecular formula is C18H16F5. The van der Waals surface area contributed by atoms with Crippen molar-refractivity contribution in [3.8, 4) is 11.1 Å². The fourth-order valence-electron chi connectivity index (χ4n) is 2.24. The van der Waals surface area contributed by atoms with Gasteiger partial charge in [0.05, 0.1) is 5.56 Å². The van der Waals surface area contributed by atoms with Crippen LogP contribution in [-0.4, -0.2) is 0 Å². The second kappa shape index (κ2) is 6.30. The molecule has 0 aliphatic heterocycles. The maximum absolute atomic E-state index is 14.0. The Kier molecular flexibility index (Phi) is 4.78. The van der Waals surface area contributed by atoms with E-state index in [0.717, 1.165) is 0 Å². The minimum atomic E-state index is -2.15. The fourth-order valence-corrected chi connectivity index (χ4v) is 2.24. The molecule has 0 fully saturated rings. The van der Waals surface area contributed by atoms with Gasteiger partial charge in [-0.15, -0.1) is 0 Å². The zero-order valence-corrected chi connectivity index (χ0v) is 13.2. The van der Waals surface area contributed by atoms with Crippen LogP contribution in [0.25, 0.3) is 11.1 Å². The van der Waals surface area contributed by atoms with Crippen LogP contribution in [-0.2, 0) is 0 Å². The molecule has 1 radical (unpaired) electrons. The second-order valence-corrected chi connectivity index (χ2v) is 6.03. The Hall–Kier alpha value is -1.91. The van der Waals surface area contributed by atoms with Crippen molar-refractivity contribution in [2.75, 3.05) is 0 Å². The number of hydrogen-bond donors (Lipinski definition) is 0. The average Bonchev–Trinajstić information content (AvgIpc) is 2.50. The molecule has 0 spiro atoms. The van der Waals surface area contributed by atoms with Gasteiger partial charge in [0.15, 0.2) is 23.3 Å². The topological polar surface area (TPSA) is 0 Å². The van der Waals surface area contributed by atoms with Gasteiger partial charge in [-0.2, -0.15) is 0 Å². The number of hydrogen-bond acceptors (Lipinski definition) is 0. The van der Waals surface area contributed by atoms with Crippen LogP contribution >= 0.6 is 0 Å². The van der Waals surface area contributed by atoms with E-state index in [1.165, 1.54) is 12.1 Å². The first kappa shape index (κ1) is 17.4. The molecule has 0 nitrogen and oxygen atoms in total. The summed E-state index contributed by atoms with van der Waals surface area (Å²) >= 11 is 0. The quantitative estimate of drug-likeness (QED) is 0.363. The molecule has 0 aromatic heterocycles. The molecular weight excluding hydrogens is 311 g/mol. The van der Waals surface area contributed by atoms with E-state index in [9.17, 15) is 22.0 Å². The lowest BCUT2D eigenvalue weighted by atomic mass is 9.90. The fraction of sp³-hybridized carbons (Fsp3) is 0.333. The number of halogens is 5. The Bertz CT molecular complexity index is 692. The summed E-state index contributed by atoms with van der Waals surface area (Å²) in [7, 11) is 0. The van der Waals surface area contributed by atoms with Crippen LogP contribution in [0, 0.1) is 35.2 Å². The minimum Gasteiger partial charge on any atom is -0.203 e. The molecule has 2 aromatic carbocycles. The van der Waals surface area contributed by atoms with Crippen molar-refractivity contribution in [1.29, 1.82) is 0 Å². The van der Waals surface area contributed by atoms with Gasteiger partial charge in [0.25, 0.3) is 0 Å². The Morgan fingerprint density at radius 1 is 0.652 bits per heavy atom. The Morgan fingerprint density at radius 3 is 1.35 bits per heavy atom. The van der Waals surface area contributed by atoms with Crippen molar-refractivity contribution in [1.82, 2.24) is 0 Å². The predicted molar refractivity (Wildman–Crippen MR) is 78.7 cm³/mol. The lowest BCUT2D eigenvalue weighted by Gasteiger charge is -2.15. The highest BCUT2D eigenvalue weighted by Gasteiger charge is 2.27. The minimum absolute atomic E-state index is 0.00582. The third kappa shape index (κ3) is 3.09. The SMILES string of the molecule is CC(C)c1[c]c(C(C)C)cc(-c2c(F)c(F)c(F)c(F)c2F)c1. The molecule has 2 rings (SSSR count). The monoisotopic (exact) mass is 327 g/mol. The van der Waals surface area contributed by atoms with E-state index >= 15 is 0 Å². The molecule has 0 saturated heterocycles. The molecule has 123 valence electrons. The summed E-state index contributed by atoms with van der Waals surface area (Å²) in [5, 5.41) is 0. The highest BCUT2D eigenvalue weighted by Crippen LogP contribution is 2.34. The van der Waals surface area contributed by atoms with Crippen LogP contribution in [0.1, 0.15) is 50.7 Å². The lowest BCUT2D eigenvalue weighted by molar-refractivity contribution is 0.381. The second-order valence-electron chi connectivity index (χ2n) is 6.03. The Balaban J connectivity index is 2.82. The first-order valence-electron chi connectivity index (χ1n) is 7.24. The molecule has 0 aliphatic rings. The van der Waals surface area contributed by atoms with Crippen molar-refractivity contribution >= 4 is 0 Å². The third-order valence-corrected chi connectivity index (χ3v) is 3.65. The molecule has 2 aromatic rings. The molecule has 0 amide bonds. The maximum Gasteiger partial charge on any atom is 0.200 e. The molecule has 0 aliphatic carbocycles. The van der Waals surface area contributed by atoms with E-state index in [-0.39, 0.29) is 17.4 Å². The van der Waals surface area contributed by atoms with E-state index in [1.54, 1.807) is 0 Å². The smallest absolute Gasteiger partial charge is 0.200 e. The number of benzene rings is 2. The van der Waals surface area contributed by atoms with Gasteiger partial charge in [-0.05, 0) is 34.6 Å². The van der Waals surface area contributed by atoms with Crippen molar-refractivity contribution < 1.29 is 22.0 Å². The van der Waals surface area contributed by atoms with Crippen LogP contribution < -0.4 is 0 Å². The van der Waals surface area contributed by atoms with Crippen LogP contribution in [0.2, 0.25) is 0 Å². The van der Waals surface area contributed by atoms with Crippen molar-refractivity contribution in [3.05, 3.63) is 58.4 Å². The van der Waals surface area contributed by atoms with Gasteiger partial charge in [-0.1, -0.05) is 39.8 Å². The van der Waals surface area contributed by atoms with E-state index in [1.807, 2.05) is 27.7 Å². The van der Waals surface area contributed by atoms with Crippen LogP contribution in [0.4, 0.5) is 22.0 Å². The van der Waals surface area contributed by atoms with E-state index in [2.05, 4.69) is 6.07 Å². The first-order valence-corrected chi connectivity index (χ1v) is 7.24. The van der Waals surface area contributed by atoms with Gasteiger partial charge in [0.1, 0.15) is 0 Å². The summed E-state index contributed by atoms with van der Waals surface area (Å²) in [4.78, 5) is 0. The standard InChI is InChI=1S/C18H16F5/c1-8(2)10-5-11(9(3)4)7-12(6-10)13-14(19)16(21)18(23)17(22)15(13)20/h6-9H,1-4H3. The molecule has 0 saturated carbocycles. The molecule has 0 unspecified atom stereocenters. The number of rotatable bonds is 3. The normalized spacial score (nSPS) is 11.6. The summed E-state index contributed by atoms with van der Waals surface area (Å²) < 4.78 is 68.1. The highest BCUT2D eigenvalue weighted by atomic mass is 19.2. The predicted octanol–water partition coefficient (Wildman–Crippen LogP) is 6.10. The molecule has 0 bridgehead atoms. The molecule has 0 N–H and O–H groups in total. The highest BCUT2D eigenvalue weighted by molar-refractivity contribution is 5.67. The van der Waals surface area contributed by atoms with Gasteiger partial charge >= 0.3 is 0 Å². The van der Waals surface area contributed by atoms with Gasteiger partial charge in [0.2, 0.25) is 5.82 Å². The van der Waals surface area contributed by atoms with Gasteiger partial charge in [-0.25, -0.2) is 22.0 Å². The largest absolute Gasteiger partial charge is 0.203 e. The first-order chi connectivity index (χ1) is 10.6. The zero-order valence-electron chi connectivity index (χ0n) is 13.2. The van der Waals surface area contributed by atoms with Crippen LogP contribution in [0.15, 0.2) is 12.1 Å². The Morgan fingerprint density at radius 2 is 1.00 bits per heavy atom. The van der Waals surface area contributed by atoms with E-state index in [0.29, 0.717) is 11.1 Å². The lowest BCUT2D eigenvalue weighted by Crippen LogP contribution is -2.05. The summed E-state index contributed by atoms with van der Waals surface area (Å²) in [5.41, 5.74) is 0.355. The zero-order chi connectivity index (χ0) is 17.5. The summed E-state index contributed by atoms with van der Waals surface area (Å²) in [6, 6.07) is 5.95.